The Morgan fingerprint density at radius 2 is 1.69 bits per heavy atom. The average molecular weight is 182 g/mol. The molecular formula is C9H14N2O2. The van der Waals surface area contributed by atoms with Crippen molar-refractivity contribution < 1.29 is 9.59 Å². The molecule has 0 spiro atoms. The SMILES string of the molecule is C=C(C)C(=O)NNC(=O)C=C(C)C. The lowest BCUT2D eigenvalue weighted by molar-refractivity contribution is -0.124. The van der Waals surface area contributed by atoms with Gasteiger partial charge in [-0.25, -0.2) is 0 Å². The lowest BCUT2D eigenvalue weighted by atomic mass is 10.3. The van der Waals surface area contributed by atoms with Gasteiger partial charge < -0.3 is 0 Å². The summed E-state index contributed by atoms with van der Waals surface area (Å²) in [5.41, 5.74) is 5.63. The van der Waals surface area contributed by atoms with Crippen LogP contribution in [-0.4, -0.2) is 11.8 Å². The van der Waals surface area contributed by atoms with Crippen molar-refractivity contribution >= 4 is 11.8 Å². The van der Waals surface area contributed by atoms with E-state index in [2.05, 4.69) is 17.4 Å². The summed E-state index contributed by atoms with van der Waals surface area (Å²) >= 11 is 0. The Kier molecular flexibility index (Phi) is 4.51. The maximum absolute atomic E-state index is 10.9. The number of nitrogens with one attached hydrogen (secondary N) is 2. The third-order valence-corrected chi connectivity index (χ3v) is 1.11. The molecule has 2 N–H and O–H groups in total. The Morgan fingerprint density at radius 1 is 1.15 bits per heavy atom. The molecule has 0 aliphatic rings. The molecule has 0 unspecified atom stereocenters. The first-order valence-electron chi connectivity index (χ1n) is 3.84. The van der Waals surface area contributed by atoms with E-state index in [4.69, 9.17) is 0 Å². The van der Waals surface area contributed by atoms with Crippen LogP contribution in [0.25, 0.3) is 0 Å². The molecule has 0 saturated carbocycles. The molecule has 0 saturated heterocycles. The topological polar surface area (TPSA) is 58.2 Å². The monoisotopic (exact) mass is 182 g/mol. The van der Waals surface area contributed by atoms with Gasteiger partial charge in [0.25, 0.3) is 11.8 Å². The Balaban J connectivity index is 3.91. The summed E-state index contributed by atoms with van der Waals surface area (Å²) in [6.45, 7) is 8.56. The number of carbonyl (C=O) groups excluding carboxylic acids is 2. The van der Waals surface area contributed by atoms with Crippen LogP contribution in [0.15, 0.2) is 23.8 Å². The molecule has 0 atom stereocenters. The summed E-state index contributed by atoms with van der Waals surface area (Å²) < 4.78 is 0. The molecule has 0 aromatic rings. The first-order valence-corrected chi connectivity index (χ1v) is 3.84. The average Bonchev–Trinajstić information content (AvgIpc) is 1.98. The van der Waals surface area contributed by atoms with E-state index in [-0.39, 0.29) is 5.91 Å². The van der Waals surface area contributed by atoms with Crippen LogP contribution in [0.3, 0.4) is 0 Å². The van der Waals surface area contributed by atoms with Gasteiger partial charge in [0.1, 0.15) is 0 Å². The van der Waals surface area contributed by atoms with Crippen LogP contribution in [0.1, 0.15) is 20.8 Å². The van der Waals surface area contributed by atoms with E-state index in [1.54, 1.807) is 20.8 Å². The number of hydrogen-bond acceptors (Lipinski definition) is 2. The quantitative estimate of drug-likeness (QED) is 0.487. The smallest absolute Gasteiger partial charge is 0.264 e. The largest absolute Gasteiger partial charge is 0.268 e. The van der Waals surface area contributed by atoms with Crippen LogP contribution in [0.5, 0.6) is 0 Å². The van der Waals surface area contributed by atoms with Crippen LogP contribution in [0.2, 0.25) is 0 Å². The zero-order chi connectivity index (χ0) is 10.4. The van der Waals surface area contributed by atoms with Crippen LogP contribution < -0.4 is 10.9 Å². The minimum Gasteiger partial charge on any atom is -0.268 e. The third-order valence-electron chi connectivity index (χ3n) is 1.11. The standard InChI is InChI=1S/C9H14N2O2/c1-6(2)5-8(12)10-11-9(13)7(3)4/h5H,3H2,1-2,4H3,(H,10,12)(H,11,13). The van der Waals surface area contributed by atoms with Gasteiger partial charge in [0.2, 0.25) is 0 Å². The summed E-state index contributed by atoms with van der Waals surface area (Å²) in [5, 5.41) is 0. The van der Waals surface area contributed by atoms with Crippen molar-refractivity contribution in [2.24, 2.45) is 0 Å². The van der Waals surface area contributed by atoms with Crippen LogP contribution in [0, 0.1) is 0 Å². The second kappa shape index (κ2) is 5.13. The van der Waals surface area contributed by atoms with Crippen molar-refractivity contribution in [3.63, 3.8) is 0 Å². The summed E-state index contributed by atoms with van der Waals surface area (Å²) in [7, 11) is 0. The number of hydrazine groups is 1. The van der Waals surface area contributed by atoms with Gasteiger partial charge in [-0.05, 0) is 20.8 Å². The van der Waals surface area contributed by atoms with Crippen molar-refractivity contribution in [1.29, 1.82) is 0 Å². The maximum atomic E-state index is 10.9. The Hall–Kier alpha value is -1.58. The van der Waals surface area contributed by atoms with Gasteiger partial charge in [0.05, 0.1) is 0 Å². The van der Waals surface area contributed by atoms with E-state index in [0.717, 1.165) is 5.57 Å². The molecule has 0 aromatic carbocycles. The zero-order valence-electron chi connectivity index (χ0n) is 8.10. The van der Waals surface area contributed by atoms with Gasteiger partial charge in [0, 0.05) is 11.6 Å². The first-order chi connectivity index (χ1) is 5.93. The van der Waals surface area contributed by atoms with Gasteiger partial charge in [0.15, 0.2) is 0 Å². The van der Waals surface area contributed by atoms with Gasteiger partial charge in [-0.3, -0.25) is 20.4 Å². The number of rotatable bonds is 2. The zero-order valence-corrected chi connectivity index (χ0v) is 8.10. The van der Waals surface area contributed by atoms with Gasteiger partial charge in [-0.1, -0.05) is 12.2 Å². The molecule has 2 amide bonds. The van der Waals surface area contributed by atoms with E-state index in [0.29, 0.717) is 5.57 Å². The Labute approximate surface area is 77.7 Å². The van der Waals surface area contributed by atoms with E-state index in [9.17, 15) is 9.59 Å². The molecule has 0 aliphatic heterocycles. The molecule has 0 bridgehead atoms. The molecule has 0 aliphatic carbocycles. The fourth-order valence-electron chi connectivity index (χ4n) is 0.523. The molecule has 0 fully saturated rings. The molecule has 0 heterocycles. The molecular weight excluding hydrogens is 168 g/mol. The van der Waals surface area contributed by atoms with Crippen molar-refractivity contribution in [2.75, 3.05) is 0 Å². The molecule has 0 aromatic heterocycles. The Bertz CT molecular complexity index is 263. The number of hydrogen-bond donors (Lipinski definition) is 2. The van der Waals surface area contributed by atoms with Gasteiger partial charge >= 0.3 is 0 Å². The highest BCUT2D eigenvalue weighted by molar-refractivity contribution is 5.95. The maximum Gasteiger partial charge on any atom is 0.264 e. The molecule has 13 heavy (non-hydrogen) atoms. The predicted molar refractivity (Wildman–Crippen MR) is 50.5 cm³/mol. The van der Waals surface area contributed by atoms with Gasteiger partial charge in [-0.15, -0.1) is 0 Å². The summed E-state index contributed by atoms with van der Waals surface area (Å²) in [5.74, 6) is -0.745. The second-order valence-electron chi connectivity index (χ2n) is 2.95. The van der Waals surface area contributed by atoms with E-state index >= 15 is 0 Å². The molecule has 4 heteroatoms. The minimum atomic E-state index is -0.393. The third kappa shape index (κ3) is 5.66. The second-order valence-corrected chi connectivity index (χ2v) is 2.95. The number of amides is 2. The summed E-state index contributed by atoms with van der Waals surface area (Å²) in [4.78, 5) is 21.8. The van der Waals surface area contributed by atoms with Crippen molar-refractivity contribution in [3.05, 3.63) is 23.8 Å². The molecule has 72 valence electrons. The fourth-order valence-corrected chi connectivity index (χ4v) is 0.523. The molecule has 0 radical (unpaired) electrons. The molecule has 0 rings (SSSR count). The van der Waals surface area contributed by atoms with Crippen molar-refractivity contribution in [1.82, 2.24) is 10.9 Å². The van der Waals surface area contributed by atoms with Crippen molar-refractivity contribution in [2.45, 2.75) is 20.8 Å². The number of carbonyl (C=O) groups is 2. The lowest BCUT2D eigenvalue weighted by Gasteiger charge is -2.03. The lowest BCUT2D eigenvalue weighted by Crippen LogP contribution is -2.41. The highest BCUT2D eigenvalue weighted by atomic mass is 16.2. The number of allylic oxidation sites excluding steroid dienone is 1. The van der Waals surface area contributed by atoms with E-state index < -0.39 is 5.91 Å². The highest BCUT2D eigenvalue weighted by Crippen LogP contribution is 1.87. The van der Waals surface area contributed by atoms with Crippen LogP contribution in [-0.2, 0) is 9.59 Å². The van der Waals surface area contributed by atoms with Gasteiger partial charge in [-0.2, -0.15) is 0 Å². The minimum absolute atomic E-state index is 0.345. The van der Waals surface area contributed by atoms with Crippen LogP contribution >= 0.6 is 0 Å². The fraction of sp³-hybridized carbons (Fsp3) is 0.333. The summed E-state index contributed by atoms with van der Waals surface area (Å²) in [6.07, 6.45) is 1.39. The van der Waals surface area contributed by atoms with Crippen molar-refractivity contribution in [3.8, 4) is 0 Å². The van der Waals surface area contributed by atoms with E-state index in [1.165, 1.54) is 6.08 Å². The predicted octanol–water partition coefficient (Wildman–Crippen LogP) is 0.676. The normalized spacial score (nSPS) is 8.54. The Morgan fingerprint density at radius 3 is 2.08 bits per heavy atom. The van der Waals surface area contributed by atoms with E-state index in [1.807, 2.05) is 0 Å². The van der Waals surface area contributed by atoms with Crippen LogP contribution in [0.4, 0.5) is 0 Å². The summed E-state index contributed by atoms with van der Waals surface area (Å²) in [6, 6.07) is 0. The molecule has 4 nitrogen and oxygen atoms in total. The first kappa shape index (κ1) is 11.4. The highest BCUT2D eigenvalue weighted by Gasteiger charge is 2.01.